The molecular formula is C11H13N3O2. The van der Waals surface area contributed by atoms with Crippen LogP contribution in [-0.4, -0.2) is 21.8 Å². The third kappa shape index (κ3) is 2.73. The van der Waals surface area contributed by atoms with E-state index in [4.69, 9.17) is 9.63 Å². The maximum Gasteiger partial charge on any atom is 0.321 e. The highest BCUT2D eigenvalue weighted by atomic mass is 16.5. The fourth-order valence-electron chi connectivity index (χ4n) is 1.35. The molecule has 5 heteroatoms. The van der Waals surface area contributed by atoms with E-state index < -0.39 is 0 Å². The predicted octanol–water partition coefficient (Wildman–Crippen LogP) is 1.74. The van der Waals surface area contributed by atoms with Crippen LogP contribution < -0.4 is 5.32 Å². The van der Waals surface area contributed by atoms with Crippen LogP contribution in [0.1, 0.15) is 11.4 Å². The molecule has 0 saturated carbocycles. The van der Waals surface area contributed by atoms with Crippen LogP contribution in [0.2, 0.25) is 0 Å². The predicted molar refractivity (Wildman–Crippen MR) is 59.3 cm³/mol. The van der Waals surface area contributed by atoms with Gasteiger partial charge >= 0.3 is 6.01 Å². The smallest absolute Gasteiger partial charge is 0.321 e. The maximum absolute atomic E-state index is 9.11. The van der Waals surface area contributed by atoms with Crippen LogP contribution in [0, 0.1) is 6.92 Å². The van der Waals surface area contributed by atoms with Crippen LogP contribution in [0.25, 0.3) is 0 Å². The van der Waals surface area contributed by atoms with Crippen molar-refractivity contribution < 1.29 is 9.63 Å². The van der Waals surface area contributed by atoms with Crippen LogP contribution in [-0.2, 0) is 6.42 Å². The molecular weight excluding hydrogens is 206 g/mol. The molecule has 1 aromatic heterocycles. The average molecular weight is 219 g/mol. The van der Waals surface area contributed by atoms with E-state index in [-0.39, 0.29) is 5.75 Å². The monoisotopic (exact) mass is 219 g/mol. The Balaban J connectivity index is 1.82. The van der Waals surface area contributed by atoms with Crippen molar-refractivity contribution in [2.45, 2.75) is 13.3 Å². The Morgan fingerprint density at radius 3 is 2.69 bits per heavy atom. The second kappa shape index (κ2) is 4.65. The topological polar surface area (TPSA) is 71.2 Å². The van der Waals surface area contributed by atoms with Crippen LogP contribution >= 0.6 is 0 Å². The number of anilines is 1. The molecule has 0 radical (unpaired) electrons. The van der Waals surface area contributed by atoms with Crippen molar-refractivity contribution in [3.8, 4) is 5.75 Å². The standard InChI is InChI=1S/C11H13N3O2/c1-8-13-11(16-14-8)12-7-6-9-2-4-10(15)5-3-9/h2-5,15H,6-7H2,1H3,(H,12,13,14). The number of hydrogen-bond acceptors (Lipinski definition) is 5. The summed E-state index contributed by atoms with van der Waals surface area (Å²) in [4.78, 5) is 4.03. The molecule has 2 aromatic rings. The van der Waals surface area contributed by atoms with Gasteiger partial charge in [0.1, 0.15) is 5.75 Å². The summed E-state index contributed by atoms with van der Waals surface area (Å²) in [5.74, 6) is 0.899. The number of hydrogen-bond donors (Lipinski definition) is 2. The number of aromatic nitrogens is 2. The lowest BCUT2D eigenvalue weighted by Crippen LogP contribution is -2.04. The summed E-state index contributed by atoms with van der Waals surface area (Å²) in [5, 5.41) is 15.8. The number of nitrogens with zero attached hydrogens (tertiary/aromatic N) is 2. The van der Waals surface area contributed by atoms with E-state index in [1.807, 2.05) is 12.1 Å². The number of benzene rings is 1. The molecule has 2 N–H and O–H groups in total. The van der Waals surface area contributed by atoms with Crippen molar-refractivity contribution in [1.82, 2.24) is 10.1 Å². The summed E-state index contributed by atoms with van der Waals surface area (Å²) < 4.78 is 4.91. The van der Waals surface area contributed by atoms with Gasteiger partial charge in [0.15, 0.2) is 5.82 Å². The first kappa shape index (κ1) is 10.5. The molecule has 0 aliphatic heterocycles. The summed E-state index contributed by atoms with van der Waals surface area (Å²) >= 11 is 0. The van der Waals surface area contributed by atoms with E-state index in [1.165, 1.54) is 0 Å². The van der Waals surface area contributed by atoms with Gasteiger partial charge in [0.2, 0.25) is 0 Å². The van der Waals surface area contributed by atoms with Gasteiger partial charge in [-0.05, 0) is 31.0 Å². The van der Waals surface area contributed by atoms with Gasteiger partial charge in [0, 0.05) is 6.54 Å². The number of phenolic OH excluding ortho intramolecular Hbond substituents is 1. The Bertz CT molecular complexity index is 451. The van der Waals surface area contributed by atoms with Crippen LogP contribution in [0.15, 0.2) is 28.8 Å². The van der Waals surface area contributed by atoms with Crippen molar-refractivity contribution in [3.63, 3.8) is 0 Å². The second-order valence-electron chi connectivity index (χ2n) is 3.49. The van der Waals surface area contributed by atoms with Gasteiger partial charge < -0.3 is 14.9 Å². The molecule has 5 nitrogen and oxygen atoms in total. The molecule has 84 valence electrons. The van der Waals surface area contributed by atoms with Gasteiger partial charge in [-0.1, -0.05) is 17.3 Å². The molecule has 1 heterocycles. The van der Waals surface area contributed by atoms with Crippen molar-refractivity contribution in [1.29, 1.82) is 0 Å². The second-order valence-corrected chi connectivity index (χ2v) is 3.49. The van der Waals surface area contributed by atoms with Crippen molar-refractivity contribution in [2.24, 2.45) is 0 Å². The zero-order valence-corrected chi connectivity index (χ0v) is 8.97. The Morgan fingerprint density at radius 1 is 1.31 bits per heavy atom. The Hall–Kier alpha value is -2.04. The van der Waals surface area contributed by atoms with Gasteiger partial charge in [-0.25, -0.2) is 0 Å². The Kier molecular flexibility index (Phi) is 3.05. The molecule has 0 atom stereocenters. The maximum atomic E-state index is 9.11. The van der Waals surface area contributed by atoms with Crippen LogP contribution in [0.3, 0.4) is 0 Å². The van der Waals surface area contributed by atoms with Gasteiger partial charge in [-0.15, -0.1) is 0 Å². The zero-order valence-electron chi connectivity index (χ0n) is 8.97. The fourth-order valence-corrected chi connectivity index (χ4v) is 1.35. The fraction of sp³-hybridized carbons (Fsp3) is 0.273. The first-order chi connectivity index (χ1) is 7.74. The molecule has 0 aliphatic carbocycles. The number of phenols is 1. The lowest BCUT2D eigenvalue weighted by molar-refractivity contribution is 0.425. The summed E-state index contributed by atoms with van der Waals surface area (Å²) in [6, 6.07) is 7.56. The van der Waals surface area contributed by atoms with E-state index >= 15 is 0 Å². The minimum Gasteiger partial charge on any atom is -0.508 e. The Morgan fingerprint density at radius 2 is 2.06 bits per heavy atom. The highest BCUT2D eigenvalue weighted by molar-refractivity contribution is 5.27. The Labute approximate surface area is 93.1 Å². The quantitative estimate of drug-likeness (QED) is 0.819. The minimum absolute atomic E-state index is 0.282. The van der Waals surface area contributed by atoms with Gasteiger partial charge in [-0.3, -0.25) is 0 Å². The van der Waals surface area contributed by atoms with Crippen molar-refractivity contribution >= 4 is 6.01 Å². The van der Waals surface area contributed by atoms with Crippen molar-refractivity contribution in [2.75, 3.05) is 11.9 Å². The molecule has 0 amide bonds. The molecule has 0 aliphatic rings. The zero-order chi connectivity index (χ0) is 11.4. The number of aryl methyl sites for hydroxylation is 1. The molecule has 1 aromatic carbocycles. The largest absolute Gasteiger partial charge is 0.508 e. The molecule has 0 spiro atoms. The average Bonchev–Trinajstić information content (AvgIpc) is 2.67. The third-order valence-corrected chi connectivity index (χ3v) is 2.15. The molecule has 0 unspecified atom stereocenters. The van der Waals surface area contributed by atoms with E-state index in [0.717, 1.165) is 12.0 Å². The highest BCUT2D eigenvalue weighted by Gasteiger charge is 2.00. The lowest BCUT2D eigenvalue weighted by Gasteiger charge is -2.01. The molecule has 2 rings (SSSR count). The van der Waals surface area contributed by atoms with E-state index in [2.05, 4.69) is 15.5 Å². The first-order valence-corrected chi connectivity index (χ1v) is 5.06. The SMILES string of the molecule is Cc1noc(NCCc2ccc(O)cc2)n1. The van der Waals surface area contributed by atoms with Gasteiger partial charge in [-0.2, -0.15) is 4.98 Å². The normalized spacial score (nSPS) is 10.3. The molecule has 0 fully saturated rings. The number of aromatic hydroxyl groups is 1. The van der Waals surface area contributed by atoms with Gasteiger partial charge in [0.05, 0.1) is 0 Å². The lowest BCUT2D eigenvalue weighted by atomic mass is 10.1. The number of rotatable bonds is 4. The van der Waals surface area contributed by atoms with E-state index in [1.54, 1.807) is 19.1 Å². The number of nitrogens with one attached hydrogen (secondary N) is 1. The molecule has 0 bridgehead atoms. The van der Waals surface area contributed by atoms with E-state index in [9.17, 15) is 0 Å². The van der Waals surface area contributed by atoms with E-state index in [0.29, 0.717) is 18.4 Å². The third-order valence-electron chi connectivity index (χ3n) is 2.15. The molecule has 16 heavy (non-hydrogen) atoms. The van der Waals surface area contributed by atoms with Crippen molar-refractivity contribution in [3.05, 3.63) is 35.7 Å². The summed E-state index contributed by atoms with van der Waals surface area (Å²) in [6.45, 7) is 2.49. The van der Waals surface area contributed by atoms with Gasteiger partial charge in [0.25, 0.3) is 0 Å². The first-order valence-electron chi connectivity index (χ1n) is 5.06. The summed E-state index contributed by atoms with van der Waals surface area (Å²) in [7, 11) is 0. The molecule has 0 saturated heterocycles. The highest BCUT2D eigenvalue weighted by Crippen LogP contribution is 2.10. The van der Waals surface area contributed by atoms with Crippen LogP contribution in [0.4, 0.5) is 6.01 Å². The minimum atomic E-state index is 0.282. The summed E-state index contributed by atoms with van der Waals surface area (Å²) in [6.07, 6.45) is 0.835. The summed E-state index contributed by atoms with van der Waals surface area (Å²) in [5.41, 5.74) is 1.14. The van der Waals surface area contributed by atoms with Crippen LogP contribution in [0.5, 0.6) is 5.75 Å².